The molecule has 0 radical (unpaired) electrons. The molecule has 0 saturated heterocycles. The number of nitrogens with zero attached hydrogens (tertiary/aromatic N) is 2. The monoisotopic (exact) mass is 318 g/mol. The molecule has 0 aromatic carbocycles. The van der Waals surface area contributed by atoms with Gasteiger partial charge in [-0.1, -0.05) is 6.92 Å². The number of thiocarbonyl (C=S) groups is 2. The molecular formula is C10H18N6O2S2. The summed E-state index contributed by atoms with van der Waals surface area (Å²) in [6, 6.07) is 0. The Kier molecular flexibility index (Phi) is 9.13. The zero-order valence-corrected chi connectivity index (χ0v) is 12.9. The summed E-state index contributed by atoms with van der Waals surface area (Å²) in [4.78, 5) is 11.4. The van der Waals surface area contributed by atoms with Gasteiger partial charge in [-0.3, -0.25) is 15.6 Å². The van der Waals surface area contributed by atoms with Crippen LogP contribution in [0.3, 0.4) is 0 Å². The third-order valence-corrected chi connectivity index (χ3v) is 2.03. The standard InChI is InChI=1S/C10H18N6O2S2/c1-3-4-8(17)18-6(2)7(14-16-10(12)20)5-13-15-9(11)19/h5-6H,3-4H2,1-2H3,(H3,11,15,19)(H3,12,16,20)/b13-5-,14-7+. The molecule has 0 aliphatic rings. The number of hydrazone groups is 2. The summed E-state index contributed by atoms with van der Waals surface area (Å²) in [5, 5.41) is 7.59. The largest absolute Gasteiger partial charge is 0.456 e. The highest BCUT2D eigenvalue weighted by molar-refractivity contribution is 7.80. The first-order valence-corrected chi connectivity index (χ1v) is 6.59. The molecular weight excluding hydrogens is 300 g/mol. The van der Waals surface area contributed by atoms with Crippen LogP contribution in [-0.2, 0) is 9.53 Å². The zero-order chi connectivity index (χ0) is 15.5. The molecule has 0 aromatic heterocycles. The molecule has 0 saturated carbocycles. The normalized spacial score (nSPS) is 12.8. The summed E-state index contributed by atoms with van der Waals surface area (Å²) in [5.74, 6) is -0.335. The lowest BCUT2D eigenvalue weighted by molar-refractivity contribution is -0.145. The van der Waals surface area contributed by atoms with Gasteiger partial charge in [-0.05, 0) is 37.8 Å². The minimum absolute atomic E-state index is 0.00136. The lowest BCUT2D eigenvalue weighted by Gasteiger charge is -2.13. The highest BCUT2D eigenvalue weighted by Gasteiger charge is 2.14. The van der Waals surface area contributed by atoms with E-state index in [9.17, 15) is 4.79 Å². The van der Waals surface area contributed by atoms with Gasteiger partial charge in [0.25, 0.3) is 0 Å². The van der Waals surface area contributed by atoms with Crippen molar-refractivity contribution in [3.8, 4) is 0 Å². The maximum absolute atomic E-state index is 11.4. The predicted molar refractivity (Wildman–Crippen MR) is 86.2 cm³/mol. The van der Waals surface area contributed by atoms with Gasteiger partial charge in [-0.2, -0.15) is 10.2 Å². The van der Waals surface area contributed by atoms with Crippen molar-refractivity contribution >= 4 is 52.6 Å². The highest BCUT2D eigenvalue weighted by atomic mass is 32.1. The molecule has 8 nitrogen and oxygen atoms in total. The van der Waals surface area contributed by atoms with E-state index in [1.807, 2.05) is 6.92 Å². The van der Waals surface area contributed by atoms with Gasteiger partial charge in [0, 0.05) is 6.42 Å². The summed E-state index contributed by atoms with van der Waals surface area (Å²) in [7, 11) is 0. The first-order valence-electron chi connectivity index (χ1n) is 5.77. The number of nitrogens with one attached hydrogen (secondary N) is 2. The summed E-state index contributed by atoms with van der Waals surface area (Å²) >= 11 is 9.23. The Morgan fingerprint density at radius 2 is 1.95 bits per heavy atom. The third-order valence-electron chi connectivity index (χ3n) is 1.85. The molecule has 6 N–H and O–H groups in total. The quantitative estimate of drug-likeness (QED) is 0.219. The number of ether oxygens (including phenoxy) is 1. The number of hydrogen-bond acceptors (Lipinski definition) is 6. The van der Waals surface area contributed by atoms with Gasteiger partial charge in [0.1, 0.15) is 11.8 Å². The molecule has 1 atom stereocenters. The van der Waals surface area contributed by atoms with Crippen LogP contribution in [-0.4, -0.2) is 34.2 Å². The van der Waals surface area contributed by atoms with Crippen LogP contribution in [0.15, 0.2) is 10.2 Å². The van der Waals surface area contributed by atoms with Crippen molar-refractivity contribution in [2.75, 3.05) is 0 Å². The van der Waals surface area contributed by atoms with Crippen LogP contribution in [0.25, 0.3) is 0 Å². The van der Waals surface area contributed by atoms with E-state index in [1.165, 1.54) is 6.21 Å². The fourth-order valence-electron chi connectivity index (χ4n) is 1.03. The predicted octanol–water partition coefficient (Wildman–Crippen LogP) is -0.274. The van der Waals surface area contributed by atoms with Gasteiger partial charge in [0.15, 0.2) is 10.2 Å². The Balaban J connectivity index is 4.77. The van der Waals surface area contributed by atoms with E-state index < -0.39 is 6.10 Å². The molecule has 0 amide bonds. The molecule has 0 bridgehead atoms. The van der Waals surface area contributed by atoms with Crippen LogP contribution in [0.5, 0.6) is 0 Å². The number of rotatable bonds is 7. The van der Waals surface area contributed by atoms with Crippen LogP contribution in [0.4, 0.5) is 0 Å². The van der Waals surface area contributed by atoms with Crippen molar-refractivity contribution in [2.24, 2.45) is 21.7 Å². The van der Waals surface area contributed by atoms with Gasteiger partial charge >= 0.3 is 5.97 Å². The second kappa shape index (κ2) is 10.0. The van der Waals surface area contributed by atoms with Crippen molar-refractivity contribution in [1.82, 2.24) is 10.9 Å². The number of carbonyl (C=O) groups excluding carboxylic acids is 1. The maximum atomic E-state index is 11.4. The van der Waals surface area contributed by atoms with Crippen molar-refractivity contribution in [1.29, 1.82) is 0 Å². The molecule has 10 heteroatoms. The Morgan fingerprint density at radius 1 is 1.35 bits per heavy atom. The van der Waals surface area contributed by atoms with Gasteiger partial charge < -0.3 is 16.2 Å². The maximum Gasteiger partial charge on any atom is 0.306 e. The van der Waals surface area contributed by atoms with Gasteiger partial charge in [0.2, 0.25) is 0 Å². The van der Waals surface area contributed by atoms with Crippen molar-refractivity contribution < 1.29 is 9.53 Å². The van der Waals surface area contributed by atoms with Crippen molar-refractivity contribution in [3.05, 3.63) is 0 Å². The molecule has 0 rings (SSSR count). The minimum Gasteiger partial charge on any atom is -0.456 e. The number of esters is 1. The second-order valence-corrected chi connectivity index (χ2v) is 4.51. The summed E-state index contributed by atoms with van der Waals surface area (Å²) in [6.07, 6.45) is 1.69. The average Bonchev–Trinajstić information content (AvgIpc) is 2.32. The van der Waals surface area contributed by atoms with Crippen LogP contribution >= 0.6 is 24.4 Å². The first-order chi connectivity index (χ1) is 9.36. The topological polar surface area (TPSA) is 127 Å². The number of nitrogens with two attached hydrogens (primary N) is 2. The Bertz CT molecular complexity index is 424. The lowest BCUT2D eigenvalue weighted by atomic mass is 10.2. The van der Waals surface area contributed by atoms with Crippen LogP contribution in [0.1, 0.15) is 26.7 Å². The van der Waals surface area contributed by atoms with Crippen molar-refractivity contribution in [3.63, 3.8) is 0 Å². The highest BCUT2D eigenvalue weighted by Crippen LogP contribution is 1.99. The molecule has 1 unspecified atom stereocenters. The SMILES string of the molecule is CCCC(=O)OC(C)C(/C=N\NC(N)=S)=N/NC(N)=S. The van der Waals surface area contributed by atoms with E-state index in [4.69, 9.17) is 16.2 Å². The molecule has 0 aromatic rings. The summed E-state index contributed by atoms with van der Waals surface area (Å²) in [5.41, 5.74) is 15.5. The van der Waals surface area contributed by atoms with Crippen LogP contribution in [0.2, 0.25) is 0 Å². The van der Waals surface area contributed by atoms with E-state index in [-0.39, 0.29) is 16.2 Å². The second-order valence-electron chi connectivity index (χ2n) is 3.63. The summed E-state index contributed by atoms with van der Waals surface area (Å²) < 4.78 is 5.17. The number of hydrogen-bond donors (Lipinski definition) is 4. The number of carbonyl (C=O) groups is 1. The molecule has 0 heterocycles. The van der Waals surface area contributed by atoms with E-state index >= 15 is 0 Å². The summed E-state index contributed by atoms with van der Waals surface area (Å²) in [6.45, 7) is 3.52. The molecule has 0 spiro atoms. The average molecular weight is 318 g/mol. The van der Waals surface area contributed by atoms with E-state index in [1.54, 1.807) is 6.92 Å². The molecule has 112 valence electrons. The van der Waals surface area contributed by atoms with Gasteiger partial charge in [0.05, 0.1) is 6.21 Å². The van der Waals surface area contributed by atoms with Crippen LogP contribution in [0, 0.1) is 0 Å². The molecule has 0 aliphatic heterocycles. The fourth-order valence-corrected chi connectivity index (χ4v) is 1.13. The molecule has 0 aliphatic carbocycles. The van der Waals surface area contributed by atoms with Gasteiger partial charge in [-0.15, -0.1) is 0 Å². The van der Waals surface area contributed by atoms with E-state index in [0.717, 1.165) is 0 Å². The smallest absolute Gasteiger partial charge is 0.306 e. The van der Waals surface area contributed by atoms with E-state index in [2.05, 4.69) is 45.5 Å². The molecule has 0 fully saturated rings. The fraction of sp³-hybridized carbons (Fsp3) is 0.500. The van der Waals surface area contributed by atoms with Crippen molar-refractivity contribution in [2.45, 2.75) is 32.8 Å². The molecule has 20 heavy (non-hydrogen) atoms. The van der Waals surface area contributed by atoms with E-state index in [0.29, 0.717) is 18.6 Å². The Hall–Kier alpha value is -1.81. The lowest BCUT2D eigenvalue weighted by Crippen LogP contribution is -2.32. The van der Waals surface area contributed by atoms with Crippen LogP contribution < -0.4 is 22.3 Å². The third kappa shape index (κ3) is 9.16. The Morgan fingerprint density at radius 3 is 2.45 bits per heavy atom. The minimum atomic E-state index is -0.632. The van der Waals surface area contributed by atoms with Gasteiger partial charge in [-0.25, -0.2) is 0 Å². The Labute approximate surface area is 128 Å². The zero-order valence-electron chi connectivity index (χ0n) is 11.3. The first kappa shape index (κ1) is 18.2.